The molecule has 0 fully saturated rings. The third-order valence-electron chi connectivity index (χ3n) is 13.2. The average Bonchev–Trinajstić information content (AvgIpc) is 3.84. The van der Waals surface area contributed by atoms with E-state index in [4.69, 9.17) is 8.83 Å². The van der Waals surface area contributed by atoms with Gasteiger partial charge in [-0.25, -0.2) is 0 Å². The fourth-order valence-electron chi connectivity index (χ4n) is 9.65. The predicted molar refractivity (Wildman–Crippen MR) is 256 cm³/mol. The quantitative estimate of drug-likeness (QED) is 0.164. The Morgan fingerprint density at radius 2 is 1.00 bits per heavy atom. The monoisotopic (exact) mass is 780 g/mol. The van der Waals surface area contributed by atoms with Crippen LogP contribution in [0.2, 0.25) is 0 Å². The van der Waals surface area contributed by atoms with Gasteiger partial charge in [0.05, 0.1) is 17.1 Å². The van der Waals surface area contributed by atoms with Crippen LogP contribution < -0.4 is 10.2 Å². The van der Waals surface area contributed by atoms with Crippen LogP contribution in [-0.2, 0) is 10.8 Å². The maximum atomic E-state index is 7.08. The Labute approximate surface area is 350 Å². The predicted octanol–water partition coefficient (Wildman–Crippen LogP) is 16.9. The molecule has 0 spiro atoms. The van der Waals surface area contributed by atoms with Crippen LogP contribution in [0.4, 0.5) is 28.4 Å². The van der Waals surface area contributed by atoms with Gasteiger partial charge < -0.3 is 19.1 Å². The van der Waals surface area contributed by atoms with Gasteiger partial charge in [-0.3, -0.25) is 0 Å². The summed E-state index contributed by atoms with van der Waals surface area (Å²) in [5.74, 6) is 0. The summed E-state index contributed by atoms with van der Waals surface area (Å²) < 4.78 is 13.9. The fourth-order valence-corrected chi connectivity index (χ4v) is 9.65. The van der Waals surface area contributed by atoms with Gasteiger partial charge in [-0.1, -0.05) is 157 Å². The maximum Gasteiger partial charge on any atom is 0.159 e. The molecule has 0 saturated carbocycles. The normalized spacial score (nSPS) is 12.7. The van der Waals surface area contributed by atoms with Gasteiger partial charge in [0.15, 0.2) is 11.2 Å². The van der Waals surface area contributed by atoms with E-state index in [1.807, 2.05) is 0 Å². The molecule has 0 saturated heterocycles. The molecule has 294 valence electrons. The molecule has 60 heavy (non-hydrogen) atoms. The van der Waals surface area contributed by atoms with Crippen LogP contribution >= 0.6 is 0 Å². The molecule has 11 rings (SSSR count). The minimum absolute atomic E-state index is 0.0304. The number of nitrogens with zero attached hydrogens (tertiary/aromatic N) is 1. The SMILES string of the molecule is CCC(C)(C)c1cccc2c1oc1c(N(c3ccccc3C)c3ccc4ccc5c(Nc6cccc7c6oc6c(C(C)(C)C)cccc67)ccc6ccc3c4c65)cccc12. The average molecular weight is 781 g/mol. The Kier molecular flexibility index (Phi) is 7.93. The van der Waals surface area contributed by atoms with Crippen LogP contribution in [0.1, 0.15) is 64.7 Å². The molecule has 4 heteroatoms. The van der Waals surface area contributed by atoms with E-state index >= 15 is 0 Å². The molecule has 0 aliphatic heterocycles. The Hall–Kier alpha value is -6.78. The molecule has 2 heterocycles. The van der Waals surface area contributed by atoms with E-state index in [-0.39, 0.29) is 10.8 Å². The number of benzene rings is 9. The Morgan fingerprint density at radius 1 is 0.450 bits per heavy atom. The number of para-hydroxylation sites is 5. The molecule has 9 aromatic carbocycles. The molecule has 2 aromatic heterocycles. The highest BCUT2D eigenvalue weighted by Gasteiger charge is 2.28. The summed E-state index contributed by atoms with van der Waals surface area (Å²) in [5, 5.41) is 15.6. The van der Waals surface area contributed by atoms with Crippen molar-refractivity contribution in [1.82, 2.24) is 0 Å². The van der Waals surface area contributed by atoms with E-state index < -0.39 is 0 Å². The van der Waals surface area contributed by atoms with Crippen molar-refractivity contribution < 1.29 is 8.83 Å². The van der Waals surface area contributed by atoms with Gasteiger partial charge in [0.1, 0.15) is 11.2 Å². The van der Waals surface area contributed by atoms with Gasteiger partial charge in [0, 0.05) is 54.8 Å². The van der Waals surface area contributed by atoms with Gasteiger partial charge in [0.25, 0.3) is 0 Å². The lowest BCUT2D eigenvalue weighted by Gasteiger charge is -2.29. The van der Waals surface area contributed by atoms with Crippen LogP contribution in [0.3, 0.4) is 0 Å². The molecule has 0 unspecified atom stereocenters. The molecule has 0 aliphatic rings. The molecule has 11 aromatic rings. The largest absolute Gasteiger partial charge is 0.454 e. The number of fused-ring (bicyclic) bond motifs is 6. The number of furan rings is 2. The van der Waals surface area contributed by atoms with Crippen molar-refractivity contribution in [3.05, 3.63) is 162 Å². The van der Waals surface area contributed by atoms with Crippen LogP contribution in [-0.4, -0.2) is 0 Å². The van der Waals surface area contributed by atoms with Crippen LogP contribution in [0.25, 0.3) is 76.2 Å². The van der Waals surface area contributed by atoms with Crippen molar-refractivity contribution in [2.24, 2.45) is 0 Å². The number of aryl methyl sites for hydroxylation is 1. The van der Waals surface area contributed by atoms with Crippen molar-refractivity contribution >= 4 is 105 Å². The summed E-state index contributed by atoms with van der Waals surface area (Å²) in [4.78, 5) is 2.42. The van der Waals surface area contributed by atoms with Crippen molar-refractivity contribution in [2.45, 2.75) is 65.7 Å². The second kappa shape index (κ2) is 13.1. The lowest BCUT2D eigenvalue weighted by molar-refractivity contribution is 0.500. The maximum absolute atomic E-state index is 7.08. The van der Waals surface area contributed by atoms with Crippen molar-refractivity contribution in [2.75, 3.05) is 10.2 Å². The highest BCUT2D eigenvalue weighted by atomic mass is 16.3. The smallest absolute Gasteiger partial charge is 0.159 e. The standard InChI is InChI=1S/C56H48N2O2/c1-8-56(6,7)43-21-12-17-37-39-19-14-24-48(54(39)60-52(37)43)58(46-23-10-9-15-33(46)2)47-32-28-35-25-29-40-44(31-27-34-26-30-41(47)50(35)49(34)40)57-45-22-13-18-38-36-16-11-20-42(55(3,4)5)51(36)59-53(38)45/h9-32,57H,8H2,1-7H3. The molecule has 0 radical (unpaired) electrons. The van der Waals surface area contributed by atoms with Crippen LogP contribution in [0.5, 0.6) is 0 Å². The number of hydrogen-bond acceptors (Lipinski definition) is 4. The molecule has 0 amide bonds. The Morgan fingerprint density at radius 3 is 1.72 bits per heavy atom. The van der Waals surface area contributed by atoms with E-state index in [2.05, 4.69) is 204 Å². The first-order valence-corrected chi connectivity index (χ1v) is 21.2. The zero-order valence-corrected chi connectivity index (χ0v) is 35.3. The molecule has 0 aliphatic carbocycles. The number of hydrogen-bond donors (Lipinski definition) is 1. The van der Waals surface area contributed by atoms with E-state index in [1.165, 1.54) is 49.0 Å². The van der Waals surface area contributed by atoms with E-state index in [0.29, 0.717) is 0 Å². The molecule has 0 bridgehead atoms. The van der Waals surface area contributed by atoms with Crippen LogP contribution in [0, 0.1) is 6.92 Å². The van der Waals surface area contributed by atoms with Gasteiger partial charge in [0.2, 0.25) is 0 Å². The van der Waals surface area contributed by atoms with Crippen LogP contribution in [0.15, 0.2) is 154 Å². The van der Waals surface area contributed by atoms with E-state index in [9.17, 15) is 0 Å². The molecule has 4 nitrogen and oxygen atoms in total. The zero-order chi connectivity index (χ0) is 41.1. The highest BCUT2D eigenvalue weighted by molar-refractivity contribution is 6.28. The third-order valence-corrected chi connectivity index (χ3v) is 13.2. The summed E-state index contributed by atoms with van der Waals surface area (Å²) in [7, 11) is 0. The molecular formula is C56H48N2O2. The first kappa shape index (κ1) is 36.3. The van der Waals surface area contributed by atoms with Gasteiger partial charge >= 0.3 is 0 Å². The summed E-state index contributed by atoms with van der Waals surface area (Å²) in [6, 6.07) is 53.0. The summed E-state index contributed by atoms with van der Waals surface area (Å²) >= 11 is 0. The first-order valence-electron chi connectivity index (χ1n) is 21.2. The molecular weight excluding hydrogens is 733 g/mol. The first-order chi connectivity index (χ1) is 29.0. The summed E-state index contributed by atoms with van der Waals surface area (Å²) in [5.41, 5.74) is 12.5. The second-order valence-corrected chi connectivity index (χ2v) is 18.3. The lowest BCUT2D eigenvalue weighted by atomic mass is 9.81. The Bertz CT molecular complexity index is 3480. The minimum atomic E-state index is -0.0470. The minimum Gasteiger partial charge on any atom is -0.454 e. The third kappa shape index (κ3) is 5.36. The van der Waals surface area contributed by atoms with Gasteiger partial charge in [-0.05, 0) is 81.6 Å². The zero-order valence-electron chi connectivity index (χ0n) is 35.3. The molecule has 0 atom stereocenters. The van der Waals surface area contributed by atoms with Crippen molar-refractivity contribution in [3.8, 4) is 0 Å². The Balaban J connectivity index is 1.12. The summed E-state index contributed by atoms with van der Waals surface area (Å²) in [6.45, 7) is 15.8. The van der Waals surface area contributed by atoms with Crippen molar-refractivity contribution in [1.29, 1.82) is 0 Å². The van der Waals surface area contributed by atoms with Gasteiger partial charge in [-0.15, -0.1) is 0 Å². The summed E-state index contributed by atoms with van der Waals surface area (Å²) in [6.07, 6.45) is 1.01. The van der Waals surface area contributed by atoms with E-state index in [1.54, 1.807) is 0 Å². The highest BCUT2D eigenvalue weighted by Crippen LogP contribution is 2.49. The topological polar surface area (TPSA) is 41.6 Å². The van der Waals surface area contributed by atoms with Crippen molar-refractivity contribution in [3.63, 3.8) is 0 Å². The second-order valence-electron chi connectivity index (χ2n) is 18.3. The lowest BCUT2D eigenvalue weighted by Crippen LogP contribution is -2.15. The van der Waals surface area contributed by atoms with E-state index in [0.717, 1.165) is 78.7 Å². The molecule has 1 N–H and O–H groups in total. The number of anilines is 5. The number of nitrogens with one attached hydrogen (secondary N) is 1. The fraction of sp³-hybridized carbons (Fsp3) is 0.179. The van der Waals surface area contributed by atoms with Gasteiger partial charge in [-0.2, -0.15) is 0 Å². The number of rotatable bonds is 7.